The van der Waals surface area contributed by atoms with Gasteiger partial charge in [-0.15, -0.1) is 0 Å². The van der Waals surface area contributed by atoms with Gasteiger partial charge in [-0.2, -0.15) is 5.10 Å². The van der Waals surface area contributed by atoms with Gasteiger partial charge >= 0.3 is 0 Å². The first-order valence-electron chi connectivity index (χ1n) is 7.90. The van der Waals surface area contributed by atoms with Crippen LogP contribution in [0.5, 0.6) is 5.75 Å². The maximum Gasteiger partial charge on any atom is 0.168 e. The number of aromatic nitrogens is 3. The molecular weight excluding hydrogens is 314 g/mol. The molecule has 25 heavy (non-hydrogen) atoms. The van der Waals surface area contributed by atoms with Gasteiger partial charge in [-0.3, -0.25) is 4.79 Å². The van der Waals surface area contributed by atoms with Gasteiger partial charge in [0.2, 0.25) is 0 Å². The maximum atomic E-state index is 10.9. The second-order valence-electron chi connectivity index (χ2n) is 5.60. The van der Waals surface area contributed by atoms with E-state index in [0.29, 0.717) is 17.9 Å². The van der Waals surface area contributed by atoms with Crippen molar-refractivity contribution in [1.29, 1.82) is 0 Å². The van der Waals surface area contributed by atoms with Crippen molar-refractivity contribution in [3.63, 3.8) is 0 Å². The van der Waals surface area contributed by atoms with Crippen LogP contribution in [-0.2, 0) is 6.61 Å². The third-order valence-corrected chi connectivity index (χ3v) is 3.93. The van der Waals surface area contributed by atoms with Gasteiger partial charge < -0.3 is 4.74 Å². The van der Waals surface area contributed by atoms with Crippen LogP contribution in [0.25, 0.3) is 16.8 Å². The molecule has 0 bridgehead atoms. The SMILES string of the molecule is O=Cc1ccn2ncc(-c3ccc(OCc4ccccc4)cc3)c2n1. The molecule has 0 N–H and O–H groups in total. The van der Waals surface area contributed by atoms with Crippen molar-refractivity contribution in [3.8, 4) is 16.9 Å². The molecule has 0 radical (unpaired) electrons. The molecule has 0 aliphatic carbocycles. The molecule has 5 nitrogen and oxygen atoms in total. The van der Waals surface area contributed by atoms with Crippen LogP contribution in [0, 0.1) is 0 Å². The molecule has 0 spiro atoms. The molecule has 2 heterocycles. The lowest BCUT2D eigenvalue weighted by molar-refractivity contribution is 0.111. The highest BCUT2D eigenvalue weighted by molar-refractivity contribution is 5.80. The number of hydrogen-bond donors (Lipinski definition) is 0. The zero-order chi connectivity index (χ0) is 17.1. The van der Waals surface area contributed by atoms with Crippen molar-refractivity contribution in [2.24, 2.45) is 0 Å². The van der Waals surface area contributed by atoms with Crippen molar-refractivity contribution in [2.45, 2.75) is 6.61 Å². The lowest BCUT2D eigenvalue weighted by Crippen LogP contribution is -1.95. The van der Waals surface area contributed by atoms with Gasteiger partial charge in [0.25, 0.3) is 0 Å². The summed E-state index contributed by atoms with van der Waals surface area (Å²) < 4.78 is 7.46. The van der Waals surface area contributed by atoms with Crippen molar-refractivity contribution < 1.29 is 9.53 Å². The van der Waals surface area contributed by atoms with Crippen LogP contribution < -0.4 is 4.74 Å². The predicted octanol–water partition coefficient (Wildman–Crippen LogP) is 3.79. The van der Waals surface area contributed by atoms with Gasteiger partial charge in [0.1, 0.15) is 18.1 Å². The van der Waals surface area contributed by atoms with Crippen molar-refractivity contribution >= 4 is 11.9 Å². The summed E-state index contributed by atoms with van der Waals surface area (Å²) in [5, 5.41) is 4.28. The maximum absolute atomic E-state index is 10.9. The second-order valence-corrected chi connectivity index (χ2v) is 5.60. The standard InChI is InChI=1S/C20H15N3O2/c24-13-17-10-11-23-20(22-17)19(12-21-23)16-6-8-18(9-7-16)25-14-15-4-2-1-3-5-15/h1-13H,14H2. The molecule has 0 atom stereocenters. The lowest BCUT2D eigenvalue weighted by Gasteiger charge is -2.07. The molecule has 0 aliphatic heterocycles. The number of nitrogens with zero attached hydrogens (tertiary/aromatic N) is 3. The van der Waals surface area contributed by atoms with Crippen LogP contribution in [-0.4, -0.2) is 20.9 Å². The first-order chi connectivity index (χ1) is 12.3. The highest BCUT2D eigenvalue weighted by Crippen LogP contribution is 2.25. The lowest BCUT2D eigenvalue weighted by atomic mass is 10.1. The van der Waals surface area contributed by atoms with Crippen LogP contribution in [0.4, 0.5) is 0 Å². The van der Waals surface area contributed by atoms with E-state index in [9.17, 15) is 4.79 Å². The second kappa shape index (κ2) is 6.57. The molecule has 2 aromatic heterocycles. The summed E-state index contributed by atoms with van der Waals surface area (Å²) in [5.41, 5.74) is 4.01. The van der Waals surface area contributed by atoms with Gasteiger partial charge in [0.05, 0.1) is 6.20 Å². The zero-order valence-corrected chi connectivity index (χ0v) is 13.4. The van der Waals surface area contributed by atoms with E-state index in [2.05, 4.69) is 10.1 Å². The van der Waals surface area contributed by atoms with Crippen molar-refractivity contribution in [1.82, 2.24) is 14.6 Å². The topological polar surface area (TPSA) is 56.5 Å². The smallest absolute Gasteiger partial charge is 0.168 e. The van der Waals surface area contributed by atoms with Crippen LogP contribution in [0.1, 0.15) is 16.1 Å². The fourth-order valence-corrected chi connectivity index (χ4v) is 2.62. The summed E-state index contributed by atoms with van der Waals surface area (Å²) in [6.07, 6.45) is 4.21. The molecule has 0 aliphatic rings. The molecule has 0 unspecified atom stereocenters. The van der Waals surface area contributed by atoms with Crippen LogP contribution in [0.3, 0.4) is 0 Å². The van der Waals surface area contributed by atoms with E-state index in [1.807, 2.05) is 54.6 Å². The molecule has 0 amide bonds. The fraction of sp³-hybridized carbons (Fsp3) is 0.0500. The molecule has 4 aromatic rings. The van der Waals surface area contributed by atoms with Gasteiger partial charge in [0, 0.05) is 11.8 Å². The molecule has 5 heteroatoms. The van der Waals surface area contributed by atoms with E-state index >= 15 is 0 Å². The number of benzene rings is 2. The molecular formula is C20H15N3O2. The summed E-state index contributed by atoms with van der Waals surface area (Å²) in [5.74, 6) is 0.797. The molecule has 0 saturated carbocycles. The van der Waals surface area contributed by atoms with E-state index in [1.165, 1.54) is 0 Å². The number of aldehydes is 1. The largest absolute Gasteiger partial charge is 0.489 e. The average Bonchev–Trinajstić information content (AvgIpc) is 3.10. The first-order valence-corrected chi connectivity index (χ1v) is 7.90. The van der Waals surface area contributed by atoms with Crippen LogP contribution in [0.15, 0.2) is 73.1 Å². The third kappa shape index (κ3) is 3.12. The Kier molecular flexibility index (Phi) is 3.96. The fourth-order valence-electron chi connectivity index (χ4n) is 2.62. The summed E-state index contributed by atoms with van der Waals surface area (Å²) in [7, 11) is 0. The third-order valence-electron chi connectivity index (χ3n) is 3.93. The van der Waals surface area contributed by atoms with E-state index < -0.39 is 0 Å². The molecule has 2 aromatic carbocycles. The van der Waals surface area contributed by atoms with E-state index in [-0.39, 0.29) is 0 Å². The van der Waals surface area contributed by atoms with Crippen LogP contribution >= 0.6 is 0 Å². The molecule has 4 rings (SSSR count). The average molecular weight is 329 g/mol. The minimum absolute atomic E-state index is 0.386. The first kappa shape index (κ1) is 15.1. The summed E-state index contributed by atoms with van der Waals surface area (Å²) in [4.78, 5) is 15.3. The van der Waals surface area contributed by atoms with E-state index in [4.69, 9.17) is 4.74 Å². The quantitative estimate of drug-likeness (QED) is 0.523. The monoisotopic (exact) mass is 329 g/mol. The highest BCUT2D eigenvalue weighted by Gasteiger charge is 2.09. The Labute approximate surface area is 144 Å². The number of carbonyl (C=O) groups excluding carboxylic acids is 1. The van der Waals surface area contributed by atoms with E-state index in [0.717, 1.165) is 28.7 Å². The zero-order valence-electron chi connectivity index (χ0n) is 13.4. The minimum Gasteiger partial charge on any atom is -0.489 e. The Balaban J connectivity index is 1.57. The summed E-state index contributed by atoms with van der Waals surface area (Å²) in [6, 6.07) is 19.4. The number of hydrogen-bond acceptors (Lipinski definition) is 4. The van der Waals surface area contributed by atoms with Crippen LogP contribution in [0.2, 0.25) is 0 Å². The normalized spacial score (nSPS) is 10.7. The summed E-state index contributed by atoms with van der Waals surface area (Å²) in [6.45, 7) is 0.529. The van der Waals surface area contributed by atoms with Gasteiger partial charge in [-0.05, 0) is 29.3 Å². The Bertz CT molecular complexity index is 1010. The van der Waals surface area contributed by atoms with Crippen molar-refractivity contribution in [3.05, 3.63) is 84.3 Å². The summed E-state index contributed by atoms with van der Waals surface area (Å²) >= 11 is 0. The highest BCUT2D eigenvalue weighted by atomic mass is 16.5. The van der Waals surface area contributed by atoms with Crippen molar-refractivity contribution in [2.75, 3.05) is 0 Å². The number of fused-ring (bicyclic) bond motifs is 1. The number of carbonyl (C=O) groups is 1. The minimum atomic E-state index is 0.386. The Morgan fingerprint density at radius 1 is 1.00 bits per heavy atom. The molecule has 0 saturated heterocycles. The predicted molar refractivity (Wildman–Crippen MR) is 94.6 cm³/mol. The Hall–Kier alpha value is -3.47. The molecule has 122 valence electrons. The van der Waals surface area contributed by atoms with Gasteiger partial charge in [-0.25, -0.2) is 9.50 Å². The number of ether oxygens (including phenoxy) is 1. The number of rotatable bonds is 5. The molecule has 0 fully saturated rings. The van der Waals surface area contributed by atoms with E-state index in [1.54, 1.807) is 23.0 Å². The van der Waals surface area contributed by atoms with Gasteiger partial charge in [-0.1, -0.05) is 42.5 Å². The Morgan fingerprint density at radius 2 is 1.80 bits per heavy atom. The van der Waals surface area contributed by atoms with Gasteiger partial charge in [0.15, 0.2) is 11.9 Å². The Morgan fingerprint density at radius 3 is 2.56 bits per heavy atom.